The number of nitro benzene ring substituents is 1. The molecule has 0 saturated carbocycles. The first-order valence-corrected chi connectivity index (χ1v) is 5.86. The maximum absolute atomic E-state index is 11.0. The van der Waals surface area contributed by atoms with Crippen LogP contribution >= 0.6 is 15.9 Å². The molecule has 0 unspecified atom stereocenters. The molecule has 1 aromatic carbocycles. The molecule has 0 radical (unpaired) electrons. The van der Waals surface area contributed by atoms with Crippen molar-refractivity contribution in [3.05, 3.63) is 26.2 Å². The standard InChI is InChI=1S/C11H12BrNO4/c1-11(2)5-17-10-7(13(14)15)4-6(12)9(16-3)8(10)11/h4H,5H2,1-3H3. The van der Waals surface area contributed by atoms with Gasteiger partial charge in [-0.3, -0.25) is 10.1 Å². The summed E-state index contributed by atoms with van der Waals surface area (Å²) in [5.41, 5.74) is 0.425. The van der Waals surface area contributed by atoms with Gasteiger partial charge in [0, 0.05) is 11.5 Å². The minimum atomic E-state index is -0.440. The van der Waals surface area contributed by atoms with Crippen molar-refractivity contribution in [1.82, 2.24) is 0 Å². The molecular weight excluding hydrogens is 290 g/mol. The Morgan fingerprint density at radius 1 is 1.59 bits per heavy atom. The van der Waals surface area contributed by atoms with Crippen LogP contribution in [-0.2, 0) is 5.41 Å². The van der Waals surface area contributed by atoms with Gasteiger partial charge in [0.05, 0.1) is 28.7 Å². The first-order chi connectivity index (χ1) is 7.88. The predicted octanol–water partition coefficient (Wildman–Crippen LogP) is 3.04. The highest BCUT2D eigenvalue weighted by Gasteiger charge is 2.41. The van der Waals surface area contributed by atoms with Crippen LogP contribution in [0.1, 0.15) is 19.4 Å². The van der Waals surface area contributed by atoms with E-state index in [2.05, 4.69) is 15.9 Å². The van der Waals surface area contributed by atoms with E-state index in [0.29, 0.717) is 22.6 Å². The molecule has 1 aliphatic rings. The van der Waals surface area contributed by atoms with Gasteiger partial charge in [0.25, 0.3) is 0 Å². The lowest BCUT2D eigenvalue weighted by atomic mass is 9.86. The van der Waals surface area contributed by atoms with Gasteiger partial charge >= 0.3 is 5.69 Å². The van der Waals surface area contributed by atoms with Gasteiger partial charge in [-0.05, 0) is 15.9 Å². The van der Waals surface area contributed by atoms with Crippen LogP contribution in [0.5, 0.6) is 11.5 Å². The number of hydrogen-bond acceptors (Lipinski definition) is 4. The summed E-state index contributed by atoms with van der Waals surface area (Å²) in [6, 6.07) is 1.42. The van der Waals surface area contributed by atoms with E-state index in [4.69, 9.17) is 9.47 Å². The molecule has 17 heavy (non-hydrogen) atoms. The third kappa shape index (κ3) is 1.76. The molecule has 5 nitrogen and oxygen atoms in total. The molecule has 0 aromatic heterocycles. The van der Waals surface area contributed by atoms with Gasteiger partial charge in [-0.1, -0.05) is 13.8 Å². The lowest BCUT2D eigenvalue weighted by Crippen LogP contribution is -2.19. The molecular formula is C11H12BrNO4. The molecule has 2 rings (SSSR count). The average Bonchev–Trinajstić information content (AvgIpc) is 2.54. The third-order valence-corrected chi connectivity index (χ3v) is 3.41. The van der Waals surface area contributed by atoms with Crippen molar-refractivity contribution in [2.24, 2.45) is 0 Å². The Morgan fingerprint density at radius 3 is 2.76 bits per heavy atom. The molecule has 0 aliphatic carbocycles. The van der Waals surface area contributed by atoms with E-state index in [-0.39, 0.29) is 11.1 Å². The Labute approximate surface area is 107 Å². The van der Waals surface area contributed by atoms with Crippen LogP contribution < -0.4 is 9.47 Å². The van der Waals surface area contributed by atoms with E-state index in [1.807, 2.05) is 13.8 Å². The average molecular weight is 302 g/mol. The number of fused-ring (bicyclic) bond motifs is 1. The van der Waals surface area contributed by atoms with Crippen LogP contribution in [0.4, 0.5) is 5.69 Å². The van der Waals surface area contributed by atoms with Crippen molar-refractivity contribution < 1.29 is 14.4 Å². The summed E-state index contributed by atoms with van der Waals surface area (Å²) in [5.74, 6) is 0.924. The lowest BCUT2D eigenvalue weighted by Gasteiger charge is -2.18. The Bertz CT molecular complexity index is 499. The number of nitrogens with zero attached hydrogens (tertiary/aromatic N) is 1. The van der Waals surface area contributed by atoms with Crippen molar-refractivity contribution in [2.45, 2.75) is 19.3 Å². The van der Waals surface area contributed by atoms with Crippen LogP contribution in [0.3, 0.4) is 0 Å². The summed E-state index contributed by atoms with van der Waals surface area (Å²) in [5, 5.41) is 11.0. The van der Waals surface area contributed by atoms with Crippen molar-refractivity contribution in [2.75, 3.05) is 13.7 Å². The number of methoxy groups -OCH3 is 1. The lowest BCUT2D eigenvalue weighted by molar-refractivity contribution is -0.385. The summed E-state index contributed by atoms with van der Waals surface area (Å²) >= 11 is 3.30. The molecule has 0 bridgehead atoms. The Hall–Kier alpha value is -1.30. The number of halogens is 1. The van der Waals surface area contributed by atoms with Crippen LogP contribution in [0.2, 0.25) is 0 Å². The minimum absolute atomic E-state index is 0.0294. The highest BCUT2D eigenvalue weighted by Crippen LogP contribution is 2.51. The van der Waals surface area contributed by atoms with Crippen molar-refractivity contribution >= 4 is 21.6 Å². The maximum Gasteiger partial charge on any atom is 0.312 e. The van der Waals surface area contributed by atoms with Crippen molar-refractivity contribution in [3.8, 4) is 11.5 Å². The number of rotatable bonds is 2. The second-order valence-electron chi connectivity index (χ2n) is 4.54. The van der Waals surface area contributed by atoms with Crippen LogP contribution in [-0.4, -0.2) is 18.6 Å². The summed E-state index contributed by atoms with van der Waals surface area (Å²) < 4.78 is 11.3. The van der Waals surface area contributed by atoms with E-state index in [9.17, 15) is 10.1 Å². The smallest absolute Gasteiger partial charge is 0.312 e. The van der Waals surface area contributed by atoms with Crippen LogP contribution in [0.25, 0.3) is 0 Å². The van der Waals surface area contributed by atoms with Gasteiger partial charge in [0.1, 0.15) is 5.75 Å². The third-order valence-electron chi connectivity index (χ3n) is 2.82. The Morgan fingerprint density at radius 2 is 2.24 bits per heavy atom. The minimum Gasteiger partial charge on any atom is -0.495 e. The van der Waals surface area contributed by atoms with Gasteiger partial charge in [-0.15, -0.1) is 0 Å². The molecule has 0 N–H and O–H groups in total. The van der Waals surface area contributed by atoms with E-state index >= 15 is 0 Å². The zero-order valence-electron chi connectivity index (χ0n) is 9.74. The van der Waals surface area contributed by atoms with Crippen LogP contribution in [0, 0.1) is 10.1 Å². The number of ether oxygens (including phenoxy) is 2. The maximum atomic E-state index is 11.0. The molecule has 1 heterocycles. The summed E-state index contributed by atoms with van der Waals surface area (Å²) in [6.45, 7) is 4.35. The Kier molecular flexibility index (Phi) is 2.77. The molecule has 0 amide bonds. The second-order valence-corrected chi connectivity index (χ2v) is 5.40. The first-order valence-electron chi connectivity index (χ1n) is 5.06. The molecule has 0 spiro atoms. The van der Waals surface area contributed by atoms with E-state index in [0.717, 1.165) is 5.56 Å². The second kappa shape index (κ2) is 3.87. The number of nitro groups is 1. The molecule has 92 valence electrons. The number of hydrogen-bond donors (Lipinski definition) is 0. The predicted molar refractivity (Wildman–Crippen MR) is 65.9 cm³/mol. The highest BCUT2D eigenvalue weighted by molar-refractivity contribution is 9.10. The normalized spacial score (nSPS) is 16.2. The van der Waals surface area contributed by atoms with Gasteiger partial charge in [0.15, 0.2) is 0 Å². The zero-order chi connectivity index (χ0) is 12.8. The van der Waals surface area contributed by atoms with E-state index < -0.39 is 4.92 Å². The van der Waals surface area contributed by atoms with Crippen LogP contribution in [0.15, 0.2) is 10.5 Å². The molecule has 1 aromatic rings. The van der Waals surface area contributed by atoms with Gasteiger partial charge < -0.3 is 9.47 Å². The van der Waals surface area contributed by atoms with E-state index in [1.54, 1.807) is 7.11 Å². The largest absolute Gasteiger partial charge is 0.495 e. The zero-order valence-corrected chi connectivity index (χ0v) is 11.3. The van der Waals surface area contributed by atoms with Gasteiger partial charge in [-0.25, -0.2) is 0 Å². The summed E-state index contributed by atoms with van der Waals surface area (Å²) in [4.78, 5) is 10.5. The molecule has 0 atom stereocenters. The fourth-order valence-corrected chi connectivity index (χ4v) is 2.60. The SMILES string of the molecule is COc1c(Br)cc([N+](=O)[O-])c2c1C(C)(C)CO2. The van der Waals surface area contributed by atoms with Gasteiger partial charge in [0.2, 0.25) is 5.75 Å². The van der Waals surface area contributed by atoms with Crippen molar-refractivity contribution in [3.63, 3.8) is 0 Å². The highest BCUT2D eigenvalue weighted by atomic mass is 79.9. The molecule has 0 fully saturated rings. The van der Waals surface area contributed by atoms with Gasteiger partial charge in [-0.2, -0.15) is 0 Å². The summed E-state index contributed by atoms with van der Waals surface area (Å²) in [7, 11) is 1.54. The Balaban J connectivity index is 2.78. The monoisotopic (exact) mass is 301 g/mol. The molecule has 0 saturated heterocycles. The fourth-order valence-electron chi connectivity index (χ4n) is 2.02. The van der Waals surface area contributed by atoms with Crippen molar-refractivity contribution in [1.29, 1.82) is 0 Å². The fraction of sp³-hybridized carbons (Fsp3) is 0.455. The quantitative estimate of drug-likeness (QED) is 0.622. The number of benzene rings is 1. The first kappa shape index (κ1) is 12.2. The molecule has 1 aliphatic heterocycles. The summed E-state index contributed by atoms with van der Waals surface area (Å²) in [6.07, 6.45) is 0. The van der Waals surface area contributed by atoms with E-state index in [1.165, 1.54) is 6.07 Å². The molecule has 6 heteroatoms. The topological polar surface area (TPSA) is 61.6 Å².